The molecule has 0 atom stereocenters. The fourth-order valence-corrected chi connectivity index (χ4v) is 1.23. The van der Waals surface area contributed by atoms with Gasteiger partial charge in [-0.25, -0.2) is 10.8 Å². The lowest BCUT2D eigenvalue weighted by atomic mass is 10.3. The molecule has 0 saturated carbocycles. The summed E-state index contributed by atoms with van der Waals surface area (Å²) in [5.74, 6) is 6.31. The molecule has 0 bridgehead atoms. The predicted octanol–water partition coefficient (Wildman–Crippen LogP) is 2.05. The number of hydrogen-bond acceptors (Lipinski definition) is 5. The molecule has 0 aromatic carbocycles. The highest BCUT2D eigenvalue weighted by Gasteiger charge is 2.26. The third-order valence-electron chi connectivity index (χ3n) is 2.07. The smallest absolute Gasteiger partial charge is 0.389 e. The van der Waals surface area contributed by atoms with Crippen LogP contribution in [0.4, 0.5) is 19.0 Å². The number of ether oxygens (including phenoxy) is 1. The SMILES string of the molecule is CCc1nc(NN)cc(OCCCC(F)(F)F)n1. The van der Waals surface area contributed by atoms with Crippen LogP contribution in [0.5, 0.6) is 5.88 Å². The Bertz CT molecular complexity index is 362. The zero-order chi connectivity index (χ0) is 13.6. The predicted molar refractivity (Wildman–Crippen MR) is 60.0 cm³/mol. The van der Waals surface area contributed by atoms with Crippen molar-refractivity contribution in [3.8, 4) is 5.88 Å². The van der Waals surface area contributed by atoms with Crippen molar-refractivity contribution in [2.24, 2.45) is 5.84 Å². The first-order valence-corrected chi connectivity index (χ1v) is 5.48. The number of hydrazine groups is 1. The Morgan fingerprint density at radius 1 is 1.39 bits per heavy atom. The molecule has 1 rings (SSSR count). The summed E-state index contributed by atoms with van der Waals surface area (Å²) < 4.78 is 40.9. The Labute approximate surface area is 103 Å². The maximum atomic E-state index is 11.9. The Morgan fingerprint density at radius 3 is 2.67 bits per heavy atom. The van der Waals surface area contributed by atoms with Gasteiger partial charge in [-0.2, -0.15) is 18.2 Å². The Hall–Kier alpha value is -1.57. The number of halogens is 3. The van der Waals surface area contributed by atoms with Crippen molar-refractivity contribution < 1.29 is 17.9 Å². The maximum absolute atomic E-state index is 11.9. The van der Waals surface area contributed by atoms with Gasteiger partial charge in [-0.1, -0.05) is 6.92 Å². The van der Waals surface area contributed by atoms with Gasteiger partial charge in [-0.15, -0.1) is 0 Å². The van der Waals surface area contributed by atoms with Gasteiger partial charge in [-0.3, -0.25) is 0 Å². The molecule has 0 unspecified atom stereocenters. The molecular formula is C10H15F3N4O. The van der Waals surface area contributed by atoms with Crippen LogP contribution in [-0.4, -0.2) is 22.8 Å². The molecule has 1 heterocycles. The van der Waals surface area contributed by atoms with Crippen molar-refractivity contribution in [3.05, 3.63) is 11.9 Å². The molecule has 0 aliphatic heterocycles. The largest absolute Gasteiger partial charge is 0.478 e. The molecule has 1 aromatic heterocycles. The van der Waals surface area contributed by atoms with E-state index in [0.29, 0.717) is 18.1 Å². The normalized spacial score (nSPS) is 11.4. The summed E-state index contributed by atoms with van der Waals surface area (Å²) in [5, 5.41) is 0. The minimum Gasteiger partial charge on any atom is -0.478 e. The standard InChI is InChI=1S/C10H15F3N4O/c1-2-7-15-8(17-14)6-9(16-7)18-5-3-4-10(11,12)13/h6H,2-5,14H2,1H3,(H,15,16,17). The zero-order valence-corrected chi connectivity index (χ0v) is 9.92. The number of nitrogens with one attached hydrogen (secondary N) is 1. The van der Waals surface area contributed by atoms with E-state index in [0.717, 1.165) is 0 Å². The fourth-order valence-electron chi connectivity index (χ4n) is 1.23. The van der Waals surface area contributed by atoms with E-state index < -0.39 is 12.6 Å². The number of alkyl halides is 3. The summed E-state index contributed by atoms with van der Waals surface area (Å²) in [7, 11) is 0. The van der Waals surface area contributed by atoms with Crippen LogP contribution in [0.2, 0.25) is 0 Å². The van der Waals surface area contributed by atoms with Gasteiger partial charge < -0.3 is 10.2 Å². The van der Waals surface area contributed by atoms with Crippen LogP contribution >= 0.6 is 0 Å². The van der Waals surface area contributed by atoms with Crippen LogP contribution in [0.15, 0.2) is 6.07 Å². The number of anilines is 1. The van der Waals surface area contributed by atoms with Crippen LogP contribution < -0.4 is 16.0 Å². The van der Waals surface area contributed by atoms with Gasteiger partial charge >= 0.3 is 6.18 Å². The van der Waals surface area contributed by atoms with Gasteiger partial charge in [0.05, 0.1) is 6.61 Å². The molecule has 0 aliphatic carbocycles. The second-order valence-corrected chi connectivity index (χ2v) is 3.57. The van der Waals surface area contributed by atoms with Gasteiger partial charge in [0.25, 0.3) is 0 Å². The minimum absolute atomic E-state index is 0.0519. The van der Waals surface area contributed by atoms with Crippen molar-refractivity contribution in [1.29, 1.82) is 0 Å². The van der Waals surface area contributed by atoms with Crippen LogP contribution in [0.1, 0.15) is 25.6 Å². The first-order valence-electron chi connectivity index (χ1n) is 5.48. The molecule has 0 fully saturated rings. The summed E-state index contributed by atoms with van der Waals surface area (Å²) in [4.78, 5) is 8.05. The molecule has 0 radical (unpaired) electrons. The highest BCUT2D eigenvalue weighted by molar-refractivity contribution is 5.36. The van der Waals surface area contributed by atoms with E-state index in [-0.39, 0.29) is 18.9 Å². The zero-order valence-electron chi connectivity index (χ0n) is 9.92. The van der Waals surface area contributed by atoms with Crippen LogP contribution in [0.25, 0.3) is 0 Å². The van der Waals surface area contributed by atoms with Crippen molar-refractivity contribution in [2.45, 2.75) is 32.4 Å². The van der Waals surface area contributed by atoms with Crippen molar-refractivity contribution in [1.82, 2.24) is 9.97 Å². The lowest BCUT2D eigenvalue weighted by molar-refractivity contribution is -0.136. The highest BCUT2D eigenvalue weighted by atomic mass is 19.4. The van der Waals surface area contributed by atoms with E-state index in [2.05, 4.69) is 15.4 Å². The Morgan fingerprint density at radius 2 is 2.11 bits per heavy atom. The Balaban J connectivity index is 2.51. The highest BCUT2D eigenvalue weighted by Crippen LogP contribution is 2.21. The van der Waals surface area contributed by atoms with Crippen LogP contribution in [0.3, 0.4) is 0 Å². The maximum Gasteiger partial charge on any atom is 0.389 e. The number of aromatic nitrogens is 2. The fraction of sp³-hybridized carbons (Fsp3) is 0.600. The number of rotatable bonds is 6. The van der Waals surface area contributed by atoms with E-state index in [1.54, 1.807) is 0 Å². The van der Waals surface area contributed by atoms with E-state index in [1.807, 2.05) is 6.92 Å². The van der Waals surface area contributed by atoms with Gasteiger partial charge in [0, 0.05) is 18.9 Å². The average molecular weight is 264 g/mol. The molecule has 0 spiro atoms. The van der Waals surface area contributed by atoms with Crippen molar-refractivity contribution in [2.75, 3.05) is 12.0 Å². The quantitative estimate of drug-likeness (QED) is 0.467. The summed E-state index contributed by atoms with van der Waals surface area (Å²) >= 11 is 0. The third kappa shape index (κ3) is 5.17. The summed E-state index contributed by atoms with van der Waals surface area (Å²) in [6, 6.07) is 1.44. The topological polar surface area (TPSA) is 73.1 Å². The lowest BCUT2D eigenvalue weighted by Crippen LogP contribution is -2.12. The van der Waals surface area contributed by atoms with Gasteiger partial charge in [0.15, 0.2) is 0 Å². The molecule has 0 aliphatic rings. The third-order valence-corrected chi connectivity index (χ3v) is 2.07. The molecule has 5 nitrogen and oxygen atoms in total. The van der Waals surface area contributed by atoms with Crippen molar-refractivity contribution >= 4 is 5.82 Å². The lowest BCUT2D eigenvalue weighted by Gasteiger charge is -2.09. The Kier molecular flexibility index (Phi) is 5.14. The number of hydrogen-bond donors (Lipinski definition) is 2. The van der Waals surface area contributed by atoms with E-state index in [4.69, 9.17) is 10.6 Å². The number of nitrogen functional groups attached to an aromatic ring is 1. The van der Waals surface area contributed by atoms with Gasteiger partial charge in [0.1, 0.15) is 11.6 Å². The molecule has 0 amide bonds. The molecule has 8 heteroatoms. The number of nitrogens with two attached hydrogens (primary N) is 1. The summed E-state index contributed by atoms with van der Waals surface area (Å²) in [6.45, 7) is 1.80. The molecule has 1 aromatic rings. The van der Waals surface area contributed by atoms with Gasteiger partial charge in [0.2, 0.25) is 5.88 Å². The van der Waals surface area contributed by atoms with Crippen LogP contribution in [0, 0.1) is 0 Å². The van der Waals surface area contributed by atoms with E-state index in [1.165, 1.54) is 6.07 Å². The second-order valence-electron chi connectivity index (χ2n) is 3.57. The van der Waals surface area contributed by atoms with E-state index in [9.17, 15) is 13.2 Å². The first-order chi connectivity index (χ1) is 8.44. The monoisotopic (exact) mass is 264 g/mol. The summed E-state index contributed by atoms with van der Waals surface area (Å²) in [5.41, 5.74) is 2.35. The molecular weight excluding hydrogens is 249 g/mol. The minimum atomic E-state index is -4.16. The number of nitrogens with zero attached hydrogens (tertiary/aromatic N) is 2. The first kappa shape index (κ1) is 14.5. The van der Waals surface area contributed by atoms with E-state index >= 15 is 0 Å². The summed E-state index contributed by atoms with van der Waals surface area (Å²) in [6.07, 6.45) is -4.57. The average Bonchev–Trinajstić information content (AvgIpc) is 2.33. The van der Waals surface area contributed by atoms with Gasteiger partial charge in [-0.05, 0) is 6.42 Å². The molecule has 3 N–H and O–H groups in total. The second kappa shape index (κ2) is 6.39. The van der Waals surface area contributed by atoms with Crippen LogP contribution in [-0.2, 0) is 6.42 Å². The van der Waals surface area contributed by atoms with Crippen molar-refractivity contribution in [3.63, 3.8) is 0 Å². The number of aryl methyl sites for hydroxylation is 1. The molecule has 102 valence electrons. The molecule has 0 saturated heterocycles. The molecule has 18 heavy (non-hydrogen) atoms.